The molecule has 1 aromatic heterocycles. The number of aromatic nitrogens is 1. The van der Waals surface area contributed by atoms with E-state index in [1.165, 1.54) is 0 Å². The van der Waals surface area contributed by atoms with Crippen LogP contribution in [0.5, 0.6) is 0 Å². The molecule has 0 aliphatic rings. The summed E-state index contributed by atoms with van der Waals surface area (Å²) in [4.78, 5) is 4.41. The number of anilines is 1. The van der Waals surface area contributed by atoms with Crippen molar-refractivity contribution in [3.63, 3.8) is 0 Å². The second-order valence-electron chi connectivity index (χ2n) is 5.29. The summed E-state index contributed by atoms with van der Waals surface area (Å²) in [5, 5.41) is 12.5. The fourth-order valence-electron chi connectivity index (χ4n) is 1.55. The molecule has 17 heavy (non-hydrogen) atoms. The molecule has 1 aromatic rings. The van der Waals surface area contributed by atoms with Gasteiger partial charge in [-0.2, -0.15) is 5.26 Å². The summed E-state index contributed by atoms with van der Waals surface area (Å²) in [6, 6.07) is 4.16. The zero-order valence-corrected chi connectivity index (χ0v) is 11.4. The maximum atomic E-state index is 9.15. The summed E-state index contributed by atoms with van der Waals surface area (Å²) in [5.74, 6) is 0.714. The van der Waals surface area contributed by atoms with Crippen molar-refractivity contribution >= 4 is 5.82 Å². The van der Waals surface area contributed by atoms with Crippen LogP contribution in [-0.2, 0) is 0 Å². The van der Waals surface area contributed by atoms with E-state index in [2.05, 4.69) is 37.1 Å². The number of nitrogens with one attached hydrogen (secondary N) is 1. The summed E-state index contributed by atoms with van der Waals surface area (Å²) in [7, 11) is 0. The van der Waals surface area contributed by atoms with E-state index in [0.717, 1.165) is 24.2 Å². The van der Waals surface area contributed by atoms with Crippen LogP contribution in [-0.4, -0.2) is 11.5 Å². The van der Waals surface area contributed by atoms with Gasteiger partial charge < -0.3 is 5.32 Å². The van der Waals surface area contributed by atoms with Crippen LogP contribution in [0.3, 0.4) is 0 Å². The fraction of sp³-hybridized carbons (Fsp3) is 0.571. The maximum absolute atomic E-state index is 9.15. The van der Waals surface area contributed by atoms with Crippen LogP contribution in [0, 0.1) is 30.6 Å². The molecule has 92 valence electrons. The second-order valence-corrected chi connectivity index (χ2v) is 5.29. The number of nitrogens with zero attached hydrogens (tertiary/aromatic N) is 2. The Bertz CT molecular complexity index is 442. The molecular weight excluding hydrogens is 210 g/mol. The lowest BCUT2D eigenvalue weighted by atomic mass is 9.90. The minimum atomic E-state index is 0.214. The van der Waals surface area contributed by atoms with Crippen LogP contribution in [0.1, 0.15) is 44.0 Å². The minimum Gasteiger partial charge on any atom is -0.368 e. The van der Waals surface area contributed by atoms with Gasteiger partial charge in [0.05, 0.1) is 5.56 Å². The van der Waals surface area contributed by atoms with E-state index in [-0.39, 0.29) is 5.41 Å². The van der Waals surface area contributed by atoms with Gasteiger partial charge in [-0.25, -0.2) is 4.98 Å². The molecule has 0 bridgehead atoms. The van der Waals surface area contributed by atoms with Gasteiger partial charge in [-0.1, -0.05) is 20.8 Å². The van der Waals surface area contributed by atoms with Crippen LogP contribution in [0.15, 0.2) is 6.07 Å². The predicted octanol–water partition coefficient (Wildman–Crippen LogP) is 3.42. The highest BCUT2D eigenvalue weighted by molar-refractivity contribution is 5.56. The van der Waals surface area contributed by atoms with E-state index in [1.807, 2.05) is 19.9 Å². The molecule has 0 aliphatic carbocycles. The zero-order chi connectivity index (χ0) is 13.1. The van der Waals surface area contributed by atoms with Gasteiger partial charge in [0.2, 0.25) is 0 Å². The molecule has 1 N–H and O–H groups in total. The van der Waals surface area contributed by atoms with Crippen molar-refractivity contribution in [2.45, 2.75) is 41.0 Å². The van der Waals surface area contributed by atoms with Gasteiger partial charge in [-0.05, 0) is 37.3 Å². The van der Waals surface area contributed by atoms with Gasteiger partial charge in [0.1, 0.15) is 11.9 Å². The Kier molecular flexibility index (Phi) is 4.11. The Labute approximate surface area is 104 Å². The highest BCUT2D eigenvalue weighted by Crippen LogP contribution is 2.22. The molecule has 3 nitrogen and oxygen atoms in total. The molecule has 0 amide bonds. The van der Waals surface area contributed by atoms with Gasteiger partial charge >= 0.3 is 0 Å². The van der Waals surface area contributed by atoms with Crippen LogP contribution < -0.4 is 5.32 Å². The molecule has 0 spiro atoms. The third-order valence-electron chi connectivity index (χ3n) is 3.15. The van der Waals surface area contributed by atoms with Crippen molar-refractivity contribution in [2.24, 2.45) is 5.41 Å². The Hall–Kier alpha value is -1.56. The Morgan fingerprint density at radius 3 is 2.59 bits per heavy atom. The summed E-state index contributed by atoms with van der Waals surface area (Å²) >= 11 is 0. The number of aryl methyl sites for hydroxylation is 2. The van der Waals surface area contributed by atoms with Gasteiger partial charge in [0.25, 0.3) is 0 Å². The van der Waals surface area contributed by atoms with Gasteiger partial charge in [-0.3, -0.25) is 0 Å². The largest absolute Gasteiger partial charge is 0.368 e. The predicted molar refractivity (Wildman–Crippen MR) is 71.0 cm³/mol. The average Bonchev–Trinajstić information content (AvgIpc) is 2.26. The fourth-order valence-corrected chi connectivity index (χ4v) is 1.55. The molecule has 0 saturated carbocycles. The van der Waals surface area contributed by atoms with Crippen molar-refractivity contribution < 1.29 is 0 Å². The smallest absolute Gasteiger partial charge is 0.144 e. The lowest BCUT2D eigenvalue weighted by molar-refractivity contribution is 0.376. The molecule has 1 heterocycles. The highest BCUT2D eigenvalue weighted by Gasteiger charge is 2.16. The first-order valence-electron chi connectivity index (χ1n) is 6.02. The minimum absolute atomic E-state index is 0.214. The van der Waals surface area contributed by atoms with E-state index in [1.54, 1.807) is 0 Å². The van der Waals surface area contributed by atoms with Crippen LogP contribution in [0.25, 0.3) is 0 Å². The van der Waals surface area contributed by atoms with Crippen LogP contribution in [0.4, 0.5) is 5.82 Å². The summed E-state index contributed by atoms with van der Waals surface area (Å²) in [6.45, 7) is 11.3. The molecule has 0 saturated heterocycles. The van der Waals surface area contributed by atoms with Crippen molar-refractivity contribution in [3.05, 3.63) is 22.9 Å². The second kappa shape index (κ2) is 5.18. The lowest BCUT2D eigenvalue weighted by Crippen LogP contribution is -2.23. The molecule has 0 aromatic carbocycles. The summed E-state index contributed by atoms with van der Waals surface area (Å²) in [6.07, 6.45) is 1.09. The number of nitriles is 1. The Morgan fingerprint density at radius 2 is 2.06 bits per heavy atom. The first kappa shape index (κ1) is 13.5. The standard InChI is InChI=1S/C14H21N3/c1-6-14(4,5)9-16-13-12(8-15)10(2)7-11(3)17-13/h7H,6,9H2,1-5H3,(H,16,17). The highest BCUT2D eigenvalue weighted by atomic mass is 15.0. The molecule has 0 atom stereocenters. The van der Waals surface area contributed by atoms with E-state index in [4.69, 9.17) is 5.26 Å². The first-order valence-corrected chi connectivity index (χ1v) is 6.02. The maximum Gasteiger partial charge on any atom is 0.144 e. The lowest BCUT2D eigenvalue weighted by Gasteiger charge is -2.23. The van der Waals surface area contributed by atoms with E-state index in [0.29, 0.717) is 11.4 Å². The third kappa shape index (κ3) is 3.45. The molecule has 0 fully saturated rings. The van der Waals surface area contributed by atoms with Crippen LogP contribution >= 0.6 is 0 Å². The van der Waals surface area contributed by atoms with Crippen molar-refractivity contribution in [1.82, 2.24) is 4.98 Å². The molecule has 0 aliphatic heterocycles. The normalized spacial score (nSPS) is 11.1. The van der Waals surface area contributed by atoms with Gasteiger partial charge in [0, 0.05) is 12.2 Å². The summed E-state index contributed by atoms with van der Waals surface area (Å²) < 4.78 is 0. The SMILES string of the molecule is CCC(C)(C)CNc1nc(C)cc(C)c1C#N. The van der Waals surface area contributed by atoms with Gasteiger partial charge in [-0.15, -0.1) is 0 Å². The van der Waals surface area contributed by atoms with Crippen molar-refractivity contribution in [3.8, 4) is 6.07 Å². The molecule has 0 unspecified atom stereocenters. The van der Waals surface area contributed by atoms with E-state index >= 15 is 0 Å². The first-order chi connectivity index (χ1) is 7.89. The Balaban J connectivity index is 2.95. The molecule has 1 rings (SSSR count). The number of pyridine rings is 1. The molecule has 3 heteroatoms. The zero-order valence-electron chi connectivity index (χ0n) is 11.4. The van der Waals surface area contributed by atoms with Crippen molar-refractivity contribution in [1.29, 1.82) is 5.26 Å². The number of hydrogen-bond acceptors (Lipinski definition) is 3. The topological polar surface area (TPSA) is 48.7 Å². The summed E-state index contributed by atoms with van der Waals surface area (Å²) in [5.41, 5.74) is 2.80. The average molecular weight is 231 g/mol. The number of hydrogen-bond donors (Lipinski definition) is 1. The third-order valence-corrected chi connectivity index (χ3v) is 3.15. The van der Waals surface area contributed by atoms with E-state index in [9.17, 15) is 0 Å². The van der Waals surface area contributed by atoms with Gasteiger partial charge in [0.15, 0.2) is 0 Å². The quantitative estimate of drug-likeness (QED) is 0.863. The Morgan fingerprint density at radius 1 is 1.41 bits per heavy atom. The van der Waals surface area contributed by atoms with Crippen LogP contribution in [0.2, 0.25) is 0 Å². The molecular formula is C14H21N3. The monoisotopic (exact) mass is 231 g/mol. The molecule has 0 radical (unpaired) electrons. The van der Waals surface area contributed by atoms with Crippen molar-refractivity contribution in [2.75, 3.05) is 11.9 Å². The van der Waals surface area contributed by atoms with E-state index < -0.39 is 0 Å². The number of rotatable bonds is 4.